The summed E-state index contributed by atoms with van der Waals surface area (Å²) in [7, 11) is 0. The number of thiophene rings is 1. The van der Waals surface area contributed by atoms with Crippen LogP contribution in [0.5, 0.6) is 0 Å². The Kier molecular flexibility index (Phi) is 2.84. The summed E-state index contributed by atoms with van der Waals surface area (Å²) >= 11 is 1.52. The van der Waals surface area contributed by atoms with E-state index in [0.717, 1.165) is 35.7 Å². The maximum Gasteiger partial charge on any atom is 0.160 e. The van der Waals surface area contributed by atoms with Crippen molar-refractivity contribution < 1.29 is 9.90 Å². The predicted molar refractivity (Wildman–Crippen MR) is 57.1 cm³/mol. The normalized spacial score (nSPS) is 21.5. The molecule has 1 N–H and O–H groups in total. The molecule has 14 heavy (non-hydrogen) atoms. The van der Waals surface area contributed by atoms with E-state index in [1.807, 2.05) is 12.1 Å². The molecule has 4 heteroatoms. The van der Waals surface area contributed by atoms with Gasteiger partial charge in [0.15, 0.2) is 6.29 Å². The largest absolute Gasteiger partial charge is 0.396 e. The van der Waals surface area contributed by atoms with Crippen LogP contribution in [0, 0.1) is 5.92 Å². The van der Waals surface area contributed by atoms with Crippen molar-refractivity contribution in [3.05, 3.63) is 17.0 Å². The molecule has 1 fully saturated rings. The number of carbonyl (C=O) groups is 1. The highest BCUT2D eigenvalue weighted by Gasteiger charge is 2.22. The molecule has 1 aliphatic heterocycles. The minimum atomic E-state index is 0.266. The van der Waals surface area contributed by atoms with Gasteiger partial charge in [-0.3, -0.25) is 4.79 Å². The van der Waals surface area contributed by atoms with Crippen LogP contribution in [0.15, 0.2) is 12.1 Å². The Morgan fingerprint density at radius 2 is 2.50 bits per heavy atom. The zero-order valence-electron chi connectivity index (χ0n) is 7.85. The van der Waals surface area contributed by atoms with Crippen LogP contribution in [0.2, 0.25) is 0 Å². The molecule has 1 aromatic rings. The quantitative estimate of drug-likeness (QED) is 0.768. The van der Waals surface area contributed by atoms with Gasteiger partial charge >= 0.3 is 0 Å². The number of aliphatic hydroxyl groups excluding tert-OH is 1. The number of aldehydes is 1. The predicted octanol–water partition coefficient (Wildman–Crippen LogP) is 1.38. The molecule has 1 unspecified atom stereocenters. The monoisotopic (exact) mass is 211 g/mol. The first kappa shape index (κ1) is 9.68. The van der Waals surface area contributed by atoms with Crippen LogP contribution in [-0.4, -0.2) is 31.1 Å². The Hall–Kier alpha value is -0.870. The van der Waals surface area contributed by atoms with Gasteiger partial charge in [0.25, 0.3) is 0 Å². The molecule has 76 valence electrons. The zero-order valence-corrected chi connectivity index (χ0v) is 8.67. The van der Waals surface area contributed by atoms with Gasteiger partial charge in [-0.2, -0.15) is 0 Å². The van der Waals surface area contributed by atoms with Crippen LogP contribution >= 0.6 is 11.3 Å². The Bertz CT molecular complexity index is 324. The fourth-order valence-electron chi connectivity index (χ4n) is 1.76. The lowest BCUT2D eigenvalue weighted by atomic mass is 10.1. The molecular weight excluding hydrogens is 198 g/mol. The van der Waals surface area contributed by atoms with Gasteiger partial charge in [0.2, 0.25) is 0 Å². The van der Waals surface area contributed by atoms with E-state index in [4.69, 9.17) is 5.11 Å². The Balaban J connectivity index is 2.05. The average molecular weight is 211 g/mol. The second kappa shape index (κ2) is 4.11. The summed E-state index contributed by atoms with van der Waals surface area (Å²) in [6.07, 6.45) is 1.93. The lowest BCUT2D eigenvalue weighted by Gasteiger charge is -2.15. The summed E-state index contributed by atoms with van der Waals surface area (Å²) in [5, 5.41) is 10.1. The van der Waals surface area contributed by atoms with Crippen LogP contribution < -0.4 is 4.90 Å². The maximum atomic E-state index is 10.5. The van der Waals surface area contributed by atoms with Crippen molar-refractivity contribution in [3.63, 3.8) is 0 Å². The summed E-state index contributed by atoms with van der Waals surface area (Å²) < 4.78 is 0. The van der Waals surface area contributed by atoms with Gasteiger partial charge in [0.1, 0.15) is 0 Å². The van der Waals surface area contributed by atoms with Crippen LogP contribution in [0.4, 0.5) is 5.00 Å². The second-order valence-electron chi connectivity index (χ2n) is 3.58. The SMILES string of the molecule is O=Cc1ccc(N2CCC(CO)C2)s1. The first-order valence-electron chi connectivity index (χ1n) is 4.74. The fraction of sp³-hybridized carbons (Fsp3) is 0.500. The third-order valence-electron chi connectivity index (χ3n) is 2.58. The van der Waals surface area contributed by atoms with Gasteiger partial charge in [0, 0.05) is 25.6 Å². The van der Waals surface area contributed by atoms with Gasteiger partial charge in [-0.1, -0.05) is 0 Å². The molecule has 1 aliphatic rings. The van der Waals surface area contributed by atoms with E-state index in [1.165, 1.54) is 11.3 Å². The topological polar surface area (TPSA) is 40.5 Å². The highest BCUT2D eigenvalue weighted by molar-refractivity contribution is 7.17. The molecule has 2 heterocycles. The molecule has 0 aliphatic carbocycles. The minimum Gasteiger partial charge on any atom is -0.396 e. The van der Waals surface area contributed by atoms with E-state index in [1.54, 1.807) is 0 Å². The number of aliphatic hydroxyl groups is 1. The van der Waals surface area contributed by atoms with Crippen LogP contribution in [0.3, 0.4) is 0 Å². The summed E-state index contributed by atoms with van der Waals surface area (Å²) in [6, 6.07) is 3.83. The highest BCUT2D eigenvalue weighted by atomic mass is 32.1. The van der Waals surface area contributed by atoms with Crippen molar-refractivity contribution in [2.24, 2.45) is 5.92 Å². The molecule has 0 bridgehead atoms. The molecule has 0 saturated carbocycles. The number of carbonyl (C=O) groups excluding carboxylic acids is 1. The summed E-state index contributed by atoms with van der Waals surface area (Å²) in [6.45, 7) is 2.17. The van der Waals surface area contributed by atoms with Crippen molar-refractivity contribution in [2.75, 3.05) is 24.6 Å². The molecule has 0 radical (unpaired) electrons. The van der Waals surface area contributed by atoms with E-state index >= 15 is 0 Å². The first-order valence-corrected chi connectivity index (χ1v) is 5.56. The van der Waals surface area contributed by atoms with Gasteiger partial charge in [0.05, 0.1) is 9.88 Å². The summed E-state index contributed by atoms with van der Waals surface area (Å²) in [5.41, 5.74) is 0. The van der Waals surface area contributed by atoms with Gasteiger partial charge in [-0.25, -0.2) is 0 Å². The molecular formula is C10H13NO2S. The maximum absolute atomic E-state index is 10.5. The van der Waals surface area contributed by atoms with Gasteiger partial charge in [-0.15, -0.1) is 11.3 Å². The lowest BCUT2D eigenvalue weighted by molar-refractivity contribution is 0.112. The Morgan fingerprint density at radius 1 is 1.64 bits per heavy atom. The average Bonchev–Trinajstić information content (AvgIpc) is 2.86. The number of rotatable bonds is 3. The molecule has 0 aromatic carbocycles. The summed E-state index contributed by atoms with van der Waals surface area (Å²) in [5.74, 6) is 0.400. The van der Waals surface area contributed by atoms with E-state index in [2.05, 4.69) is 4.90 Å². The van der Waals surface area contributed by atoms with Crippen molar-refractivity contribution in [1.29, 1.82) is 0 Å². The van der Waals surface area contributed by atoms with Gasteiger partial charge < -0.3 is 10.0 Å². The molecule has 0 amide bonds. The molecule has 1 aromatic heterocycles. The lowest BCUT2D eigenvalue weighted by Crippen LogP contribution is -2.19. The highest BCUT2D eigenvalue weighted by Crippen LogP contribution is 2.29. The minimum absolute atomic E-state index is 0.266. The van der Waals surface area contributed by atoms with Crippen LogP contribution in [-0.2, 0) is 0 Å². The third-order valence-corrected chi connectivity index (χ3v) is 3.66. The Labute approximate surface area is 87.0 Å². The third kappa shape index (κ3) is 1.81. The standard InChI is InChI=1S/C10H13NO2S/c12-6-8-3-4-11(5-8)10-2-1-9(7-13)14-10/h1-2,7-8,12H,3-6H2. The Morgan fingerprint density at radius 3 is 3.07 bits per heavy atom. The molecule has 1 atom stereocenters. The summed E-state index contributed by atoms with van der Waals surface area (Å²) in [4.78, 5) is 13.5. The number of nitrogens with zero attached hydrogens (tertiary/aromatic N) is 1. The number of anilines is 1. The first-order chi connectivity index (χ1) is 6.83. The van der Waals surface area contributed by atoms with E-state index in [-0.39, 0.29) is 6.61 Å². The number of hydrogen-bond acceptors (Lipinski definition) is 4. The zero-order chi connectivity index (χ0) is 9.97. The van der Waals surface area contributed by atoms with E-state index in [9.17, 15) is 4.79 Å². The van der Waals surface area contributed by atoms with Crippen molar-refractivity contribution in [3.8, 4) is 0 Å². The smallest absolute Gasteiger partial charge is 0.160 e. The van der Waals surface area contributed by atoms with Crippen molar-refractivity contribution >= 4 is 22.6 Å². The van der Waals surface area contributed by atoms with Crippen molar-refractivity contribution in [2.45, 2.75) is 6.42 Å². The van der Waals surface area contributed by atoms with Gasteiger partial charge in [-0.05, 0) is 18.6 Å². The van der Waals surface area contributed by atoms with E-state index in [0.29, 0.717) is 5.92 Å². The van der Waals surface area contributed by atoms with Crippen molar-refractivity contribution in [1.82, 2.24) is 0 Å². The molecule has 0 spiro atoms. The second-order valence-corrected chi connectivity index (χ2v) is 4.67. The molecule has 3 nitrogen and oxygen atoms in total. The van der Waals surface area contributed by atoms with Crippen LogP contribution in [0.25, 0.3) is 0 Å². The van der Waals surface area contributed by atoms with Crippen LogP contribution in [0.1, 0.15) is 16.1 Å². The fourth-order valence-corrected chi connectivity index (χ4v) is 2.61. The van der Waals surface area contributed by atoms with E-state index < -0.39 is 0 Å². The molecule has 1 saturated heterocycles. The number of hydrogen-bond donors (Lipinski definition) is 1. The molecule has 2 rings (SSSR count).